The van der Waals surface area contributed by atoms with Gasteiger partial charge in [0.1, 0.15) is 5.82 Å². The van der Waals surface area contributed by atoms with Crippen LogP contribution < -0.4 is 10.0 Å². The Bertz CT molecular complexity index is 850. The minimum Gasteiger partial charge on any atom is -0.326 e. The van der Waals surface area contributed by atoms with Crippen molar-refractivity contribution in [3.63, 3.8) is 0 Å². The van der Waals surface area contributed by atoms with Crippen molar-refractivity contribution >= 4 is 27.3 Å². The molecule has 0 saturated heterocycles. The second-order valence-corrected chi connectivity index (χ2v) is 6.67. The molecule has 3 rings (SSSR count). The number of benzene rings is 2. The zero-order valence-electron chi connectivity index (χ0n) is 11.5. The molecule has 2 aromatic rings. The monoisotopic (exact) mass is 320 g/mol. The number of amides is 1. The molecule has 0 bridgehead atoms. The summed E-state index contributed by atoms with van der Waals surface area (Å²) in [6.45, 7) is 0. The number of carbonyl (C=O) groups is 1. The Morgan fingerprint density at radius 3 is 2.68 bits per heavy atom. The lowest BCUT2D eigenvalue weighted by Gasteiger charge is -2.18. The summed E-state index contributed by atoms with van der Waals surface area (Å²) < 4.78 is 40.0. The van der Waals surface area contributed by atoms with E-state index in [4.69, 9.17) is 0 Å². The zero-order chi connectivity index (χ0) is 15.7. The van der Waals surface area contributed by atoms with E-state index in [9.17, 15) is 17.6 Å². The number of fused-ring (bicyclic) bond motifs is 1. The number of nitrogens with one attached hydrogen (secondary N) is 2. The number of hydrogen-bond donors (Lipinski definition) is 2. The molecule has 2 aromatic carbocycles. The van der Waals surface area contributed by atoms with Crippen LogP contribution in [0.4, 0.5) is 15.8 Å². The van der Waals surface area contributed by atoms with Crippen LogP contribution in [0.3, 0.4) is 0 Å². The van der Waals surface area contributed by atoms with Crippen molar-refractivity contribution in [3.8, 4) is 0 Å². The van der Waals surface area contributed by atoms with Crippen LogP contribution in [0.25, 0.3) is 0 Å². The topological polar surface area (TPSA) is 75.3 Å². The van der Waals surface area contributed by atoms with E-state index in [0.29, 0.717) is 24.2 Å². The molecule has 0 radical (unpaired) electrons. The molecule has 0 fully saturated rings. The summed E-state index contributed by atoms with van der Waals surface area (Å²) in [6.07, 6.45) is 0.920. The summed E-state index contributed by atoms with van der Waals surface area (Å²) in [7, 11) is -3.85. The van der Waals surface area contributed by atoms with E-state index in [0.717, 1.165) is 11.6 Å². The summed E-state index contributed by atoms with van der Waals surface area (Å²) in [6, 6.07) is 9.68. The summed E-state index contributed by atoms with van der Waals surface area (Å²) in [5.41, 5.74) is 1.92. The normalized spacial score (nSPS) is 14.1. The Hall–Kier alpha value is -2.41. The van der Waals surface area contributed by atoms with Crippen LogP contribution in [0, 0.1) is 5.82 Å². The van der Waals surface area contributed by atoms with E-state index < -0.39 is 15.8 Å². The zero-order valence-corrected chi connectivity index (χ0v) is 12.3. The van der Waals surface area contributed by atoms with Crippen molar-refractivity contribution in [1.29, 1.82) is 0 Å². The fraction of sp³-hybridized carbons (Fsp3) is 0.133. The van der Waals surface area contributed by atoms with Gasteiger partial charge in [-0.2, -0.15) is 0 Å². The molecule has 0 atom stereocenters. The third-order valence-corrected chi connectivity index (χ3v) is 4.74. The van der Waals surface area contributed by atoms with Crippen molar-refractivity contribution in [3.05, 3.63) is 53.8 Å². The highest BCUT2D eigenvalue weighted by Gasteiger charge is 2.18. The van der Waals surface area contributed by atoms with Crippen LogP contribution in [0.5, 0.6) is 0 Å². The molecule has 0 saturated carbocycles. The largest absolute Gasteiger partial charge is 0.326 e. The third kappa shape index (κ3) is 2.94. The highest BCUT2D eigenvalue weighted by atomic mass is 32.2. The second kappa shape index (κ2) is 5.42. The lowest BCUT2D eigenvalue weighted by Crippen LogP contribution is -2.19. The van der Waals surface area contributed by atoms with Gasteiger partial charge in [-0.25, -0.2) is 12.8 Å². The van der Waals surface area contributed by atoms with Crippen LogP contribution in [0.1, 0.15) is 12.0 Å². The molecule has 114 valence electrons. The van der Waals surface area contributed by atoms with Gasteiger partial charge in [0.25, 0.3) is 10.0 Å². The van der Waals surface area contributed by atoms with Gasteiger partial charge in [-0.15, -0.1) is 0 Å². The number of aryl methyl sites for hydroxylation is 1. The van der Waals surface area contributed by atoms with Gasteiger partial charge in [-0.1, -0.05) is 6.07 Å². The van der Waals surface area contributed by atoms with E-state index in [-0.39, 0.29) is 10.8 Å². The van der Waals surface area contributed by atoms with E-state index in [1.54, 1.807) is 18.2 Å². The van der Waals surface area contributed by atoms with Crippen LogP contribution >= 0.6 is 0 Å². The molecular weight excluding hydrogens is 307 g/mol. The molecule has 0 aromatic heterocycles. The first-order valence-corrected chi connectivity index (χ1v) is 8.13. The predicted molar refractivity (Wildman–Crippen MR) is 80.6 cm³/mol. The van der Waals surface area contributed by atoms with Gasteiger partial charge in [0.05, 0.1) is 4.90 Å². The first-order chi connectivity index (χ1) is 10.4. The first kappa shape index (κ1) is 14.5. The fourth-order valence-corrected chi connectivity index (χ4v) is 3.38. The average molecular weight is 320 g/mol. The number of halogens is 1. The smallest absolute Gasteiger partial charge is 0.261 e. The summed E-state index contributed by atoms with van der Waals surface area (Å²) in [5.74, 6) is -0.670. The highest BCUT2D eigenvalue weighted by molar-refractivity contribution is 7.92. The number of anilines is 2. The van der Waals surface area contributed by atoms with Gasteiger partial charge < -0.3 is 5.32 Å². The van der Waals surface area contributed by atoms with Crippen LogP contribution in [-0.2, 0) is 21.2 Å². The Labute approximate surface area is 127 Å². The van der Waals surface area contributed by atoms with Crippen LogP contribution in [-0.4, -0.2) is 14.3 Å². The molecule has 5 nitrogen and oxygen atoms in total. The van der Waals surface area contributed by atoms with Crippen molar-refractivity contribution in [2.75, 3.05) is 10.0 Å². The first-order valence-electron chi connectivity index (χ1n) is 6.65. The quantitative estimate of drug-likeness (QED) is 0.912. The Morgan fingerprint density at radius 2 is 1.91 bits per heavy atom. The minimum absolute atomic E-state index is 0.0550. The van der Waals surface area contributed by atoms with Crippen molar-refractivity contribution < 1.29 is 17.6 Å². The van der Waals surface area contributed by atoms with Gasteiger partial charge in [0, 0.05) is 17.8 Å². The number of rotatable bonds is 3. The fourth-order valence-electron chi connectivity index (χ4n) is 2.30. The lowest BCUT2D eigenvalue weighted by molar-refractivity contribution is -0.116. The van der Waals surface area contributed by atoms with E-state index in [1.165, 1.54) is 18.2 Å². The minimum atomic E-state index is -3.85. The van der Waals surface area contributed by atoms with Crippen LogP contribution in [0.2, 0.25) is 0 Å². The molecule has 22 heavy (non-hydrogen) atoms. The third-order valence-electron chi connectivity index (χ3n) is 3.36. The number of hydrogen-bond acceptors (Lipinski definition) is 3. The number of sulfonamides is 1. The van der Waals surface area contributed by atoms with Crippen LogP contribution in [0.15, 0.2) is 47.4 Å². The van der Waals surface area contributed by atoms with Crippen molar-refractivity contribution in [1.82, 2.24) is 0 Å². The van der Waals surface area contributed by atoms with E-state index in [1.807, 2.05) is 0 Å². The maximum absolute atomic E-state index is 13.2. The van der Waals surface area contributed by atoms with Gasteiger partial charge >= 0.3 is 0 Å². The van der Waals surface area contributed by atoms with Gasteiger partial charge in [-0.3, -0.25) is 9.52 Å². The van der Waals surface area contributed by atoms with Gasteiger partial charge in [0.15, 0.2) is 0 Å². The van der Waals surface area contributed by atoms with E-state index in [2.05, 4.69) is 10.0 Å². The maximum Gasteiger partial charge on any atom is 0.261 e. The predicted octanol–water partition coefficient (Wildman–Crippen LogP) is 2.51. The second-order valence-electron chi connectivity index (χ2n) is 4.98. The molecule has 1 heterocycles. The van der Waals surface area contributed by atoms with E-state index >= 15 is 0 Å². The van der Waals surface area contributed by atoms with Gasteiger partial charge in [-0.05, 0) is 48.4 Å². The molecule has 0 unspecified atom stereocenters. The van der Waals surface area contributed by atoms with Crippen molar-refractivity contribution in [2.24, 2.45) is 0 Å². The standard InChI is InChI=1S/C15H13FN2O3S/c16-11-2-1-3-13(9-11)22(20,21)18-12-5-6-14-10(8-12)4-7-15(19)17-14/h1-3,5-6,8-9,18H,4,7H2,(H,17,19). The molecule has 7 heteroatoms. The van der Waals surface area contributed by atoms with Crippen molar-refractivity contribution in [2.45, 2.75) is 17.7 Å². The molecular formula is C15H13FN2O3S. The molecule has 2 N–H and O–H groups in total. The summed E-state index contributed by atoms with van der Waals surface area (Å²) >= 11 is 0. The molecule has 1 amide bonds. The Kier molecular flexibility index (Phi) is 3.58. The molecule has 0 aliphatic carbocycles. The number of carbonyl (C=O) groups excluding carboxylic acids is 1. The average Bonchev–Trinajstić information content (AvgIpc) is 2.47. The SMILES string of the molecule is O=C1CCc2cc(NS(=O)(=O)c3cccc(F)c3)ccc2N1. The Balaban J connectivity index is 1.88. The highest BCUT2D eigenvalue weighted by Crippen LogP contribution is 2.27. The maximum atomic E-state index is 13.2. The lowest BCUT2D eigenvalue weighted by atomic mass is 10.0. The van der Waals surface area contributed by atoms with Gasteiger partial charge in [0.2, 0.25) is 5.91 Å². The summed E-state index contributed by atoms with van der Waals surface area (Å²) in [5, 5.41) is 2.72. The molecule has 0 spiro atoms. The summed E-state index contributed by atoms with van der Waals surface area (Å²) in [4.78, 5) is 11.2. The molecule has 1 aliphatic rings. The Morgan fingerprint density at radius 1 is 1.09 bits per heavy atom. The molecule has 1 aliphatic heterocycles.